The van der Waals surface area contributed by atoms with E-state index in [0.717, 1.165) is 16.7 Å². The molecule has 0 radical (unpaired) electrons. The number of hydrogen-bond donors (Lipinski definition) is 1. The second kappa shape index (κ2) is 12.6. The molecule has 1 atom stereocenters. The summed E-state index contributed by atoms with van der Waals surface area (Å²) in [5, 5.41) is 3.80. The van der Waals surface area contributed by atoms with E-state index < -0.39 is 6.04 Å². The molecule has 0 spiro atoms. The molecule has 3 aromatic rings. The summed E-state index contributed by atoms with van der Waals surface area (Å²) in [5.74, 6) is 0.0890. The second-order valence-electron chi connectivity index (χ2n) is 8.42. The van der Waals surface area contributed by atoms with Crippen LogP contribution in [-0.2, 0) is 22.6 Å². The lowest BCUT2D eigenvalue weighted by atomic mass is 10.0. The molecule has 5 nitrogen and oxygen atoms in total. The van der Waals surface area contributed by atoms with Crippen LogP contribution in [0.25, 0.3) is 0 Å². The van der Waals surface area contributed by atoms with E-state index in [1.807, 2.05) is 69.3 Å². The van der Waals surface area contributed by atoms with E-state index in [1.165, 1.54) is 4.90 Å². The van der Waals surface area contributed by atoms with Crippen molar-refractivity contribution in [3.05, 3.63) is 99.0 Å². The highest BCUT2D eigenvalue weighted by Gasteiger charge is 2.31. The summed E-state index contributed by atoms with van der Waals surface area (Å²) in [6.45, 7) is 6.13. The molecule has 2 amide bonds. The first-order valence-corrected chi connectivity index (χ1v) is 12.3. The Hall–Kier alpha value is -3.02. The van der Waals surface area contributed by atoms with Crippen LogP contribution in [0.1, 0.15) is 29.2 Å². The topological polar surface area (TPSA) is 58.6 Å². The lowest BCUT2D eigenvalue weighted by Crippen LogP contribution is -2.51. The molecular formula is C28H30Cl2N2O3. The van der Waals surface area contributed by atoms with E-state index in [9.17, 15) is 9.59 Å². The van der Waals surface area contributed by atoms with Crippen molar-refractivity contribution in [2.24, 2.45) is 0 Å². The number of benzene rings is 3. The van der Waals surface area contributed by atoms with Crippen molar-refractivity contribution in [3.8, 4) is 5.75 Å². The molecule has 0 bridgehead atoms. The minimum absolute atomic E-state index is 0.139. The molecule has 1 N–H and O–H groups in total. The highest BCUT2D eigenvalue weighted by atomic mass is 35.5. The number of likely N-dealkylation sites (N-methyl/N-ethyl adjacent to an activating group) is 1. The number of halogens is 2. The van der Waals surface area contributed by atoms with E-state index in [1.54, 1.807) is 18.2 Å². The molecule has 3 aromatic carbocycles. The van der Waals surface area contributed by atoms with Crippen molar-refractivity contribution in [3.63, 3.8) is 0 Å². The summed E-state index contributed by atoms with van der Waals surface area (Å²) in [4.78, 5) is 28.3. The zero-order valence-corrected chi connectivity index (χ0v) is 21.7. The Morgan fingerprint density at radius 1 is 1.00 bits per heavy atom. The highest BCUT2D eigenvalue weighted by molar-refractivity contribution is 6.35. The van der Waals surface area contributed by atoms with E-state index in [0.29, 0.717) is 34.3 Å². The van der Waals surface area contributed by atoms with Gasteiger partial charge in [-0.2, -0.15) is 0 Å². The Morgan fingerprint density at radius 3 is 2.43 bits per heavy atom. The number of carbonyl (C=O) groups is 2. The SMILES string of the molecule is CCNC(=O)[C@H](Cc1ccccc1)N(Cc1ccc(Cl)cc1Cl)C(=O)COc1cc(C)ccc1C. The average molecular weight is 513 g/mol. The Labute approximate surface area is 217 Å². The Kier molecular flexibility index (Phi) is 9.58. The van der Waals surface area contributed by atoms with Gasteiger partial charge in [-0.25, -0.2) is 0 Å². The molecule has 0 unspecified atom stereocenters. The molecule has 0 aliphatic heterocycles. The number of nitrogens with zero attached hydrogens (tertiary/aromatic N) is 1. The first-order chi connectivity index (χ1) is 16.8. The van der Waals surface area contributed by atoms with Gasteiger partial charge in [0.25, 0.3) is 5.91 Å². The fraction of sp³-hybridized carbons (Fsp3) is 0.286. The van der Waals surface area contributed by atoms with Crippen LogP contribution in [-0.4, -0.2) is 35.9 Å². The summed E-state index contributed by atoms with van der Waals surface area (Å²) >= 11 is 12.5. The molecule has 0 aliphatic carbocycles. The van der Waals surface area contributed by atoms with Gasteiger partial charge in [0, 0.05) is 29.6 Å². The third kappa shape index (κ3) is 7.48. The number of nitrogens with one attached hydrogen (secondary N) is 1. The van der Waals surface area contributed by atoms with Gasteiger partial charge in [0.1, 0.15) is 11.8 Å². The van der Waals surface area contributed by atoms with Gasteiger partial charge in [-0.15, -0.1) is 0 Å². The van der Waals surface area contributed by atoms with Crippen LogP contribution >= 0.6 is 23.2 Å². The van der Waals surface area contributed by atoms with E-state index in [4.69, 9.17) is 27.9 Å². The Morgan fingerprint density at radius 2 is 1.74 bits per heavy atom. The maximum absolute atomic E-state index is 13.6. The number of amides is 2. The van der Waals surface area contributed by atoms with Gasteiger partial charge in [0.05, 0.1) is 0 Å². The normalized spacial score (nSPS) is 11.6. The van der Waals surface area contributed by atoms with Crippen molar-refractivity contribution in [1.82, 2.24) is 10.2 Å². The fourth-order valence-electron chi connectivity index (χ4n) is 3.76. The van der Waals surface area contributed by atoms with Crippen molar-refractivity contribution in [2.45, 2.75) is 39.8 Å². The molecular weight excluding hydrogens is 483 g/mol. The van der Waals surface area contributed by atoms with Crippen LogP contribution in [0, 0.1) is 13.8 Å². The Bertz CT molecular complexity index is 1170. The van der Waals surface area contributed by atoms with Crippen LogP contribution in [0.2, 0.25) is 10.0 Å². The van der Waals surface area contributed by atoms with Crippen molar-refractivity contribution in [2.75, 3.05) is 13.2 Å². The zero-order chi connectivity index (χ0) is 25.4. The molecule has 0 heterocycles. The van der Waals surface area contributed by atoms with Gasteiger partial charge < -0.3 is 15.0 Å². The third-order valence-electron chi connectivity index (χ3n) is 5.67. The number of hydrogen-bond acceptors (Lipinski definition) is 3. The van der Waals surface area contributed by atoms with Gasteiger partial charge in [-0.3, -0.25) is 9.59 Å². The van der Waals surface area contributed by atoms with Crippen LogP contribution in [0.15, 0.2) is 66.7 Å². The highest BCUT2D eigenvalue weighted by Crippen LogP contribution is 2.25. The zero-order valence-electron chi connectivity index (χ0n) is 20.2. The van der Waals surface area contributed by atoms with E-state index in [2.05, 4.69) is 5.32 Å². The quantitative estimate of drug-likeness (QED) is 0.375. The molecule has 0 saturated heterocycles. The molecule has 0 fully saturated rings. The number of aryl methyl sites for hydroxylation is 2. The van der Waals surface area contributed by atoms with Gasteiger partial charge in [0.15, 0.2) is 6.61 Å². The summed E-state index contributed by atoms with van der Waals surface area (Å²) in [7, 11) is 0. The van der Waals surface area contributed by atoms with Crippen molar-refractivity contribution < 1.29 is 14.3 Å². The maximum atomic E-state index is 13.6. The van der Waals surface area contributed by atoms with Crippen LogP contribution in [0.3, 0.4) is 0 Å². The standard InChI is InChI=1S/C28H30Cl2N2O3/c1-4-31-28(34)25(15-21-8-6-5-7-9-21)32(17-22-12-13-23(29)16-24(22)30)27(33)18-35-26-14-19(2)10-11-20(26)3/h5-14,16,25H,4,15,17-18H2,1-3H3,(H,31,34)/t25-/m0/s1. The molecule has 0 saturated carbocycles. The predicted octanol–water partition coefficient (Wildman–Crippen LogP) is 5.77. The number of rotatable bonds is 10. The molecule has 3 rings (SSSR count). The summed E-state index contributed by atoms with van der Waals surface area (Å²) in [6, 6.07) is 19.8. The smallest absolute Gasteiger partial charge is 0.261 e. The minimum atomic E-state index is -0.751. The lowest BCUT2D eigenvalue weighted by Gasteiger charge is -2.31. The minimum Gasteiger partial charge on any atom is -0.483 e. The van der Waals surface area contributed by atoms with Crippen LogP contribution in [0.4, 0.5) is 0 Å². The number of carbonyl (C=O) groups excluding carboxylic acids is 2. The fourth-order valence-corrected chi connectivity index (χ4v) is 4.23. The van der Waals surface area contributed by atoms with Crippen LogP contribution < -0.4 is 10.1 Å². The third-order valence-corrected chi connectivity index (χ3v) is 6.26. The van der Waals surface area contributed by atoms with Gasteiger partial charge in [-0.1, -0.05) is 71.7 Å². The van der Waals surface area contributed by atoms with Gasteiger partial charge in [-0.05, 0) is 61.2 Å². The van der Waals surface area contributed by atoms with Crippen LogP contribution in [0.5, 0.6) is 5.75 Å². The predicted molar refractivity (Wildman–Crippen MR) is 141 cm³/mol. The van der Waals surface area contributed by atoms with Gasteiger partial charge >= 0.3 is 0 Å². The van der Waals surface area contributed by atoms with E-state index in [-0.39, 0.29) is 25.0 Å². The maximum Gasteiger partial charge on any atom is 0.261 e. The van der Waals surface area contributed by atoms with E-state index >= 15 is 0 Å². The molecule has 0 aliphatic rings. The first-order valence-electron chi connectivity index (χ1n) is 11.5. The largest absolute Gasteiger partial charge is 0.483 e. The first kappa shape index (κ1) is 26.6. The monoisotopic (exact) mass is 512 g/mol. The summed E-state index contributed by atoms with van der Waals surface area (Å²) in [5.41, 5.74) is 3.60. The summed E-state index contributed by atoms with van der Waals surface area (Å²) in [6.07, 6.45) is 0.354. The second-order valence-corrected chi connectivity index (χ2v) is 9.26. The average Bonchev–Trinajstić information content (AvgIpc) is 2.83. The molecule has 7 heteroatoms. The van der Waals surface area contributed by atoms with Gasteiger partial charge in [0.2, 0.25) is 5.91 Å². The summed E-state index contributed by atoms with van der Waals surface area (Å²) < 4.78 is 5.91. The Balaban J connectivity index is 1.93. The van der Waals surface area contributed by atoms with Crippen molar-refractivity contribution in [1.29, 1.82) is 0 Å². The number of ether oxygens (including phenoxy) is 1. The van der Waals surface area contributed by atoms with Crippen molar-refractivity contribution >= 4 is 35.0 Å². The molecule has 184 valence electrons. The molecule has 35 heavy (non-hydrogen) atoms. The molecule has 0 aromatic heterocycles. The lowest BCUT2D eigenvalue weighted by molar-refractivity contribution is -0.142.